The van der Waals surface area contributed by atoms with Gasteiger partial charge in [0.1, 0.15) is 6.04 Å². The Morgan fingerprint density at radius 3 is 2.71 bits per heavy atom. The van der Waals surface area contributed by atoms with Crippen molar-refractivity contribution in [1.82, 2.24) is 14.9 Å². The van der Waals surface area contributed by atoms with Crippen LogP contribution in [0, 0.1) is 6.92 Å². The molecule has 1 atom stereocenters. The molecule has 2 rings (SSSR count). The lowest BCUT2D eigenvalue weighted by atomic mass is 10.1. The Hall–Kier alpha value is -1.93. The molecule has 1 aliphatic heterocycles. The van der Waals surface area contributed by atoms with Crippen molar-refractivity contribution in [3.8, 4) is 0 Å². The lowest BCUT2D eigenvalue weighted by Gasteiger charge is -2.17. The molecule has 8 heteroatoms. The van der Waals surface area contributed by atoms with Crippen LogP contribution in [0.3, 0.4) is 0 Å². The molecule has 132 valence electrons. The van der Waals surface area contributed by atoms with Crippen LogP contribution in [0.5, 0.6) is 0 Å². The average Bonchev–Trinajstić information content (AvgIpc) is 2.81. The highest BCUT2D eigenvalue weighted by atomic mass is 32.2. The molecule has 1 aromatic carbocycles. The van der Waals surface area contributed by atoms with Crippen LogP contribution in [0.4, 0.5) is 0 Å². The molecule has 1 heterocycles. The third-order valence-corrected chi connectivity index (χ3v) is 4.68. The summed E-state index contributed by atoms with van der Waals surface area (Å²) in [6, 6.07) is 7.01. The SMILES string of the molecule is Cc1ccccc1CC(=O)NCCN1CCC(NS(C)(=O)=O)C1=O. The Labute approximate surface area is 142 Å². The molecule has 0 saturated carbocycles. The second-order valence-corrected chi connectivity index (χ2v) is 7.79. The molecule has 1 aromatic rings. The molecule has 0 radical (unpaired) electrons. The molecular weight excluding hydrogens is 330 g/mol. The first-order chi connectivity index (χ1) is 11.3. The fraction of sp³-hybridized carbons (Fsp3) is 0.500. The summed E-state index contributed by atoms with van der Waals surface area (Å²) in [5.74, 6) is -0.338. The second kappa shape index (κ2) is 7.76. The second-order valence-electron chi connectivity index (χ2n) is 6.01. The average molecular weight is 353 g/mol. The van der Waals surface area contributed by atoms with Gasteiger partial charge >= 0.3 is 0 Å². The van der Waals surface area contributed by atoms with E-state index in [4.69, 9.17) is 0 Å². The van der Waals surface area contributed by atoms with E-state index in [1.807, 2.05) is 31.2 Å². The first kappa shape index (κ1) is 18.4. The molecule has 7 nitrogen and oxygen atoms in total. The number of benzene rings is 1. The fourth-order valence-corrected chi connectivity index (χ4v) is 3.44. The smallest absolute Gasteiger partial charge is 0.240 e. The molecule has 24 heavy (non-hydrogen) atoms. The van der Waals surface area contributed by atoms with Gasteiger partial charge in [-0.2, -0.15) is 0 Å². The minimum Gasteiger partial charge on any atom is -0.354 e. The molecular formula is C16H23N3O4S. The summed E-state index contributed by atoms with van der Waals surface area (Å²) in [4.78, 5) is 25.6. The lowest BCUT2D eigenvalue weighted by molar-refractivity contribution is -0.129. The number of sulfonamides is 1. The molecule has 0 spiro atoms. The van der Waals surface area contributed by atoms with Crippen LogP contribution >= 0.6 is 0 Å². The summed E-state index contributed by atoms with van der Waals surface area (Å²) in [6.07, 6.45) is 1.79. The highest BCUT2D eigenvalue weighted by Crippen LogP contribution is 2.11. The van der Waals surface area contributed by atoms with E-state index in [-0.39, 0.29) is 11.8 Å². The molecule has 2 amide bonds. The molecule has 0 aliphatic carbocycles. The van der Waals surface area contributed by atoms with Crippen molar-refractivity contribution >= 4 is 21.8 Å². The summed E-state index contributed by atoms with van der Waals surface area (Å²) in [6.45, 7) is 3.17. The number of amides is 2. The minimum absolute atomic E-state index is 0.0956. The molecule has 1 fully saturated rings. The highest BCUT2D eigenvalue weighted by Gasteiger charge is 2.32. The molecule has 2 N–H and O–H groups in total. The van der Waals surface area contributed by atoms with E-state index in [2.05, 4.69) is 10.0 Å². The standard InChI is InChI=1S/C16H23N3O4S/c1-12-5-3-4-6-13(12)11-15(20)17-8-10-19-9-7-14(16(19)21)18-24(2,22)23/h3-6,14,18H,7-11H2,1-2H3,(H,17,20). The van der Waals surface area contributed by atoms with Gasteiger partial charge in [0.2, 0.25) is 21.8 Å². The molecule has 1 aliphatic rings. The normalized spacial score (nSPS) is 18.0. The summed E-state index contributed by atoms with van der Waals surface area (Å²) < 4.78 is 24.7. The Kier molecular flexibility index (Phi) is 5.95. The minimum atomic E-state index is -3.40. The Morgan fingerprint density at radius 2 is 2.04 bits per heavy atom. The summed E-state index contributed by atoms with van der Waals surface area (Å²) in [7, 11) is -3.40. The Bertz CT molecular complexity index is 718. The van der Waals surface area contributed by atoms with E-state index < -0.39 is 16.1 Å². The monoisotopic (exact) mass is 353 g/mol. The van der Waals surface area contributed by atoms with Crippen LogP contribution in [0.25, 0.3) is 0 Å². The zero-order chi connectivity index (χ0) is 17.7. The summed E-state index contributed by atoms with van der Waals surface area (Å²) in [5, 5.41) is 2.80. The Balaban J connectivity index is 1.75. The van der Waals surface area contributed by atoms with Crippen molar-refractivity contribution in [2.45, 2.75) is 25.8 Å². The number of carbonyl (C=O) groups excluding carboxylic acids is 2. The summed E-state index contributed by atoms with van der Waals surface area (Å²) in [5.41, 5.74) is 2.04. The van der Waals surface area contributed by atoms with Gasteiger partial charge in [-0.25, -0.2) is 13.1 Å². The van der Waals surface area contributed by atoms with Crippen molar-refractivity contribution in [1.29, 1.82) is 0 Å². The number of carbonyl (C=O) groups is 2. The van der Waals surface area contributed by atoms with E-state index in [0.717, 1.165) is 17.4 Å². The maximum Gasteiger partial charge on any atom is 0.240 e. The quantitative estimate of drug-likeness (QED) is 0.710. The van der Waals surface area contributed by atoms with E-state index in [1.165, 1.54) is 0 Å². The zero-order valence-corrected chi connectivity index (χ0v) is 14.7. The van der Waals surface area contributed by atoms with Gasteiger partial charge in [-0.05, 0) is 24.5 Å². The number of rotatable bonds is 7. The largest absolute Gasteiger partial charge is 0.354 e. The predicted molar refractivity (Wildman–Crippen MR) is 90.9 cm³/mol. The number of nitrogens with zero attached hydrogens (tertiary/aromatic N) is 1. The van der Waals surface area contributed by atoms with Gasteiger partial charge in [0.25, 0.3) is 0 Å². The first-order valence-corrected chi connectivity index (χ1v) is 9.73. The van der Waals surface area contributed by atoms with Gasteiger partial charge in [-0.15, -0.1) is 0 Å². The number of hydrogen-bond donors (Lipinski definition) is 2. The van der Waals surface area contributed by atoms with Gasteiger partial charge in [0.15, 0.2) is 0 Å². The van der Waals surface area contributed by atoms with E-state index in [9.17, 15) is 18.0 Å². The lowest BCUT2D eigenvalue weighted by Crippen LogP contribution is -2.43. The van der Waals surface area contributed by atoms with Gasteiger partial charge in [0, 0.05) is 19.6 Å². The molecule has 0 aromatic heterocycles. The van der Waals surface area contributed by atoms with Crippen molar-refractivity contribution in [3.63, 3.8) is 0 Å². The molecule has 0 bridgehead atoms. The van der Waals surface area contributed by atoms with Crippen molar-refractivity contribution < 1.29 is 18.0 Å². The highest BCUT2D eigenvalue weighted by molar-refractivity contribution is 7.88. The number of likely N-dealkylation sites (tertiary alicyclic amines) is 1. The van der Waals surface area contributed by atoms with Gasteiger partial charge < -0.3 is 10.2 Å². The number of nitrogens with one attached hydrogen (secondary N) is 2. The Morgan fingerprint density at radius 1 is 1.33 bits per heavy atom. The van der Waals surface area contributed by atoms with Crippen molar-refractivity contribution in [3.05, 3.63) is 35.4 Å². The predicted octanol–water partition coefficient (Wildman–Crippen LogP) is -0.196. The molecule has 1 saturated heterocycles. The van der Waals surface area contributed by atoms with E-state index >= 15 is 0 Å². The maximum atomic E-state index is 12.1. The van der Waals surface area contributed by atoms with Crippen molar-refractivity contribution in [2.75, 3.05) is 25.9 Å². The number of aryl methyl sites for hydroxylation is 1. The third kappa shape index (κ3) is 5.31. The number of hydrogen-bond acceptors (Lipinski definition) is 4. The summed E-state index contributed by atoms with van der Waals surface area (Å²) >= 11 is 0. The zero-order valence-electron chi connectivity index (χ0n) is 13.9. The third-order valence-electron chi connectivity index (χ3n) is 3.97. The van der Waals surface area contributed by atoms with Crippen LogP contribution in [-0.2, 0) is 26.0 Å². The topological polar surface area (TPSA) is 95.6 Å². The van der Waals surface area contributed by atoms with E-state index in [1.54, 1.807) is 4.90 Å². The van der Waals surface area contributed by atoms with Gasteiger partial charge in [-0.3, -0.25) is 9.59 Å². The van der Waals surface area contributed by atoms with Crippen molar-refractivity contribution in [2.24, 2.45) is 0 Å². The van der Waals surface area contributed by atoms with Crippen LogP contribution < -0.4 is 10.0 Å². The van der Waals surface area contributed by atoms with Crippen LogP contribution in [0.15, 0.2) is 24.3 Å². The van der Waals surface area contributed by atoms with Gasteiger partial charge in [-0.1, -0.05) is 24.3 Å². The van der Waals surface area contributed by atoms with Crippen LogP contribution in [0.1, 0.15) is 17.5 Å². The molecule has 1 unspecified atom stereocenters. The first-order valence-electron chi connectivity index (χ1n) is 7.83. The van der Waals surface area contributed by atoms with Crippen LogP contribution in [-0.4, -0.2) is 57.1 Å². The van der Waals surface area contributed by atoms with Gasteiger partial charge in [0.05, 0.1) is 12.7 Å². The van der Waals surface area contributed by atoms with E-state index in [0.29, 0.717) is 32.5 Å². The fourth-order valence-electron chi connectivity index (χ4n) is 2.70. The maximum absolute atomic E-state index is 12.1. The van der Waals surface area contributed by atoms with Crippen LogP contribution in [0.2, 0.25) is 0 Å².